The lowest BCUT2D eigenvalue weighted by Gasteiger charge is -2.10. The van der Waals surface area contributed by atoms with Crippen LogP contribution in [0.1, 0.15) is 18.9 Å². The van der Waals surface area contributed by atoms with E-state index in [1.165, 1.54) is 18.2 Å². The van der Waals surface area contributed by atoms with Gasteiger partial charge in [-0.05, 0) is 12.0 Å². The molecule has 1 N–H and O–H groups in total. The predicted molar refractivity (Wildman–Crippen MR) is 74.4 cm³/mol. The van der Waals surface area contributed by atoms with Crippen LogP contribution in [0.5, 0.6) is 0 Å². The summed E-state index contributed by atoms with van der Waals surface area (Å²) in [6.45, 7) is 1.65. The molecule has 0 heterocycles. The highest BCUT2D eigenvalue weighted by molar-refractivity contribution is 9.10. The zero-order valence-corrected chi connectivity index (χ0v) is 12.4. The number of aliphatic carboxylic acids is 1. The van der Waals surface area contributed by atoms with E-state index in [0.717, 1.165) is 0 Å². The van der Waals surface area contributed by atoms with Gasteiger partial charge >= 0.3 is 5.97 Å². The van der Waals surface area contributed by atoms with E-state index >= 15 is 0 Å². The molecule has 104 valence electrons. The summed E-state index contributed by atoms with van der Waals surface area (Å²) in [4.78, 5) is 20.9. The summed E-state index contributed by atoms with van der Waals surface area (Å²) in [5, 5.41) is 18.6. The summed E-state index contributed by atoms with van der Waals surface area (Å²) in [6.07, 6.45) is 0.270. The van der Waals surface area contributed by atoms with E-state index in [2.05, 4.69) is 15.9 Å². The Balaban J connectivity index is 2.91. The Morgan fingerprint density at radius 2 is 2.21 bits per heavy atom. The number of carboxylic acid groups (broad SMARTS) is 1. The molecule has 0 fully saturated rings. The van der Waals surface area contributed by atoms with Crippen molar-refractivity contribution in [3.05, 3.63) is 38.3 Å². The fraction of sp³-hybridized carbons (Fsp3) is 0.364. The van der Waals surface area contributed by atoms with Crippen molar-refractivity contribution >= 4 is 38.4 Å². The number of benzene rings is 1. The number of carbonyl (C=O) groups is 1. The highest BCUT2D eigenvalue weighted by atomic mass is 79.9. The second-order valence-corrected chi connectivity index (χ2v) is 6.27. The second kappa shape index (κ2) is 6.76. The molecule has 0 amide bonds. The Morgan fingerprint density at radius 3 is 2.63 bits per heavy atom. The Hall–Kier alpha value is -1.28. The predicted octanol–water partition coefficient (Wildman–Crippen LogP) is 2.47. The van der Waals surface area contributed by atoms with Crippen molar-refractivity contribution in [1.82, 2.24) is 0 Å². The molecule has 1 rings (SSSR count). The molecule has 2 atom stereocenters. The summed E-state index contributed by atoms with van der Waals surface area (Å²) in [5.74, 6) is -1.05. The molecule has 0 aromatic heterocycles. The summed E-state index contributed by atoms with van der Waals surface area (Å²) in [5.41, 5.74) is 0.510. The number of halogens is 1. The van der Waals surface area contributed by atoms with Gasteiger partial charge in [0.15, 0.2) is 0 Å². The first kappa shape index (κ1) is 15.8. The van der Waals surface area contributed by atoms with Gasteiger partial charge in [-0.1, -0.05) is 28.9 Å². The first-order valence-electron chi connectivity index (χ1n) is 5.39. The standard InChI is InChI=1S/C11H12BrNO5S/c1-2-10(11(14)15)19(18)6-7-3-4-8(13(16)17)5-9(7)12/h3-5,10H,2,6H2,1H3,(H,14,15). The summed E-state index contributed by atoms with van der Waals surface area (Å²) < 4.78 is 12.4. The van der Waals surface area contributed by atoms with Crippen molar-refractivity contribution < 1.29 is 19.0 Å². The van der Waals surface area contributed by atoms with Gasteiger partial charge in [-0.15, -0.1) is 0 Å². The van der Waals surface area contributed by atoms with Crippen molar-refractivity contribution in [1.29, 1.82) is 0 Å². The highest BCUT2D eigenvalue weighted by Gasteiger charge is 2.23. The van der Waals surface area contributed by atoms with Crippen molar-refractivity contribution in [3.8, 4) is 0 Å². The minimum atomic E-state index is -1.57. The summed E-state index contributed by atoms with van der Waals surface area (Å²) in [7, 11) is -1.57. The SMILES string of the molecule is CCC(C(=O)O)S(=O)Cc1ccc([N+](=O)[O-])cc1Br. The Kier molecular flexibility index (Phi) is 5.61. The monoisotopic (exact) mass is 349 g/mol. The minimum Gasteiger partial charge on any atom is -0.480 e. The van der Waals surface area contributed by atoms with E-state index in [9.17, 15) is 19.1 Å². The van der Waals surface area contributed by atoms with Gasteiger partial charge in [0.1, 0.15) is 5.25 Å². The van der Waals surface area contributed by atoms with Gasteiger partial charge in [-0.3, -0.25) is 19.1 Å². The van der Waals surface area contributed by atoms with Crippen LogP contribution in [-0.4, -0.2) is 25.5 Å². The number of rotatable bonds is 6. The normalized spacial score (nSPS) is 13.8. The van der Waals surface area contributed by atoms with Crippen molar-refractivity contribution in [3.63, 3.8) is 0 Å². The number of non-ortho nitro benzene ring substituents is 1. The zero-order valence-electron chi connectivity index (χ0n) is 10.0. The molecule has 0 aliphatic carbocycles. The largest absolute Gasteiger partial charge is 0.480 e. The molecular weight excluding hydrogens is 338 g/mol. The van der Waals surface area contributed by atoms with Crippen LogP contribution in [0.4, 0.5) is 5.69 Å². The molecule has 0 spiro atoms. The third-order valence-electron chi connectivity index (χ3n) is 2.51. The van der Waals surface area contributed by atoms with E-state index in [4.69, 9.17) is 5.11 Å². The molecule has 0 saturated heterocycles. The van der Waals surface area contributed by atoms with E-state index < -0.39 is 26.9 Å². The smallest absolute Gasteiger partial charge is 0.319 e. The van der Waals surface area contributed by atoms with Crippen LogP contribution in [-0.2, 0) is 21.3 Å². The maximum Gasteiger partial charge on any atom is 0.319 e. The molecule has 0 bridgehead atoms. The van der Waals surface area contributed by atoms with Crippen LogP contribution in [0.15, 0.2) is 22.7 Å². The van der Waals surface area contributed by atoms with Gasteiger partial charge in [0.2, 0.25) is 0 Å². The van der Waals surface area contributed by atoms with Gasteiger partial charge in [0.25, 0.3) is 5.69 Å². The average molecular weight is 350 g/mol. The molecule has 2 unspecified atom stereocenters. The fourth-order valence-electron chi connectivity index (χ4n) is 1.49. The van der Waals surface area contributed by atoms with E-state index in [0.29, 0.717) is 10.0 Å². The quantitative estimate of drug-likeness (QED) is 0.628. The lowest BCUT2D eigenvalue weighted by molar-refractivity contribution is -0.384. The first-order chi connectivity index (χ1) is 8.86. The van der Waals surface area contributed by atoms with Crippen molar-refractivity contribution in [2.45, 2.75) is 24.3 Å². The maximum absolute atomic E-state index is 11.9. The van der Waals surface area contributed by atoms with E-state index in [-0.39, 0.29) is 17.9 Å². The number of nitro groups is 1. The van der Waals surface area contributed by atoms with Gasteiger partial charge in [-0.2, -0.15) is 0 Å². The average Bonchev–Trinajstić information content (AvgIpc) is 2.31. The van der Waals surface area contributed by atoms with E-state index in [1.807, 2.05) is 0 Å². The van der Waals surface area contributed by atoms with Crippen LogP contribution in [0.3, 0.4) is 0 Å². The third-order valence-corrected chi connectivity index (χ3v) is 5.01. The van der Waals surface area contributed by atoms with Crippen molar-refractivity contribution in [2.75, 3.05) is 0 Å². The minimum absolute atomic E-state index is 0.0450. The van der Waals surface area contributed by atoms with E-state index in [1.54, 1.807) is 6.92 Å². The topological polar surface area (TPSA) is 97.5 Å². The molecule has 0 saturated carbocycles. The number of hydrogen-bond donors (Lipinski definition) is 1. The molecule has 19 heavy (non-hydrogen) atoms. The van der Waals surface area contributed by atoms with Gasteiger partial charge in [0.05, 0.1) is 10.7 Å². The second-order valence-electron chi connectivity index (χ2n) is 3.79. The lowest BCUT2D eigenvalue weighted by atomic mass is 10.2. The molecule has 1 aromatic rings. The van der Waals surface area contributed by atoms with Gasteiger partial charge in [-0.25, -0.2) is 0 Å². The van der Waals surface area contributed by atoms with Crippen LogP contribution < -0.4 is 0 Å². The summed E-state index contributed by atoms with van der Waals surface area (Å²) in [6, 6.07) is 4.10. The number of nitrogens with zero attached hydrogens (tertiary/aromatic N) is 1. The molecule has 0 aliphatic rings. The third kappa shape index (κ3) is 4.10. The molecule has 1 aromatic carbocycles. The van der Waals surface area contributed by atoms with Crippen LogP contribution in [0.2, 0.25) is 0 Å². The molecule has 0 radical (unpaired) electrons. The maximum atomic E-state index is 11.9. The molecule has 8 heteroatoms. The van der Waals surface area contributed by atoms with Crippen LogP contribution in [0.25, 0.3) is 0 Å². The number of nitro benzene ring substituents is 1. The Bertz CT molecular complexity index is 534. The van der Waals surface area contributed by atoms with Crippen LogP contribution >= 0.6 is 15.9 Å². The molecule has 0 aliphatic heterocycles. The Labute approximate surface area is 120 Å². The number of hydrogen-bond acceptors (Lipinski definition) is 4. The van der Waals surface area contributed by atoms with Crippen molar-refractivity contribution in [2.24, 2.45) is 0 Å². The molecule has 6 nitrogen and oxygen atoms in total. The zero-order chi connectivity index (χ0) is 14.6. The summed E-state index contributed by atoms with van der Waals surface area (Å²) >= 11 is 3.17. The van der Waals surface area contributed by atoms with Gasteiger partial charge < -0.3 is 5.11 Å². The number of carboxylic acids is 1. The van der Waals surface area contributed by atoms with Crippen LogP contribution in [0, 0.1) is 10.1 Å². The Morgan fingerprint density at radius 1 is 1.58 bits per heavy atom. The fourth-order valence-corrected chi connectivity index (χ4v) is 3.54. The highest BCUT2D eigenvalue weighted by Crippen LogP contribution is 2.25. The molecular formula is C11H12BrNO5S. The lowest BCUT2D eigenvalue weighted by Crippen LogP contribution is -2.25. The van der Waals surface area contributed by atoms with Gasteiger partial charge in [0, 0.05) is 27.4 Å². The first-order valence-corrected chi connectivity index (χ1v) is 7.57.